The van der Waals surface area contributed by atoms with E-state index in [1.54, 1.807) is 0 Å². The fourth-order valence-corrected chi connectivity index (χ4v) is 2.35. The van der Waals surface area contributed by atoms with Crippen LogP contribution in [0.15, 0.2) is 0 Å². The minimum atomic E-state index is -4.40. The van der Waals surface area contributed by atoms with E-state index in [0.717, 1.165) is 0 Å². The van der Waals surface area contributed by atoms with Crippen molar-refractivity contribution in [2.45, 2.75) is 0 Å². The SMILES string of the molecule is O=S(=O)(O)OCCN1CCN(CCOS(=O)(=O)O)CC1. The molecule has 0 radical (unpaired) electrons. The second-order valence-corrected chi connectivity index (χ2v) is 6.37. The Morgan fingerprint density at radius 2 is 1.05 bits per heavy atom. The topological polar surface area (TPSA) is 134 Å². The summed E-state index contributed by atoms with van der Waals surface area (Å²) in [4.78, 5) is 3.90. The lowest BCUT2D eigenvalue weighted by atomic mass is 10.3. The highest BCUT2D eigenvalue weighted by Crippen LogP contribution is 2.02. The Labute approximate surface area is 118 Å². The molecule has 0 bridgehead atoms. The van der Waals surface area contributed by atoms with Crippen LogP contribution in [0.4, 0.5) is 0 Å². The van der Waals surface area contributed by atoms with E-state index in [0.29, 0.717) is 39.3 Å². The van der Waals surface area contributed by atoms with Gasteiger partial charge in [-0.25, -0.2) is 8.37 Å². The molecule has 1 heterocycles. The summed E-state index contributed by atoms with van der Waals surface area (Å²) in [5.41, 5.74) is 0. The summed E-state index contributed by atoms with van der Waals surface area (Å²) in [6.45, 7) is 3.11. The van der Waals surface area contributed by atoms with Gasteiger partial charge in [0.15, 0.2) is 0 Å². The van der Waals surface area contributed by atoms with Gasteiger partial charge in [0.25, 0.3) is 0 Å². The van der Waals surface area contributed by atoms with E-state index < -0.39 is 20.8 Å². The molecule has 1 fully saturated rings. The van der Waals surface area contributed by atoms with Crippen LogP contribution in [0.25, 0.3) is 0 Å². The minimum Gasteiger partial charge on any atom is -0.298 e. The van der Waals surface area contributed by atoms with Crippen molar-refractivity contribution in [3.05, 3.63) is 0 Å². The Hall–Kier alpha value is -0.340. The third-order valence-electron chi connectivity index (χ3n) is 2.74. The summed E-state index contributed by atoms with van der Waals surface area (Å²) in [7, 11) is -8.79. The largest absolute Gasteiger partial charge is 0.397 e. The molecule has 0 aromatic heterocycles. The summed E-state index contributed by atoms with van der Waals surface area (Å²) in [5.74, 6) is 0. The van der Waals surface area contributed by atoms with Gasteiger partial charge in [0, 0.05) is 39.3 Å². The molecule has 0 aromatic carbocycles. The molecule has 1 saturated heterocycles. The maximum absolute atomic E-state index is 10.3. The van der Waals surface area contributed by atoms with E-state index in [9.17, 15) is 16.8 Å². The van der Waals surface area contributed by atoms with Crippen LogP contribution in [0.1, 0.15) is 0 Å². The zero-order chi connectivity index (χ0) is 15.2. The number of nitrogens with zero attached hydrogens (tertiary/aromatic N) is 2. The van der Waals surface area contributed by atoms with Crippen LogP contribution >= 0.6 is 0 Å². The highest BCUT2D eigenvalue weighted by Gasteiger charge is 2.17. The van der Waals surface area contributed by atoms with Gasteiger partial charge >= 0.3 is 20.8 Å². The first-order valence-electron chi connectivity index (χ1n) is 5.84. The summed E-state index contributed by atoms with van der Waals surface area (Å²) in [5, 5.41) is 0. The molecular weight excluding hydrogens is 316 g/mol. The molecule has 10 nitrogen and oxygen atoms in total. The highest BCUT2D eigenvalue weighted by molar-refractivity contribution is 7.81. The van der Waals surface area contributed by atoms with Crippen molar-refractivity contribution in [3.8, 4) is 0 Å². The Morgan fingerprint density at radius 1 is 0.750 bits per heavy atom. The van der Waals surface area contributed by atoms with Gasteiger partial charge in [-0.2, -0.15) is 16.8 Å². The number of piperazine rings is 1. The predicted molar refractivity (Wildman–Crippen MR) is 67.9 cm³/mol. The fourth-order valence-electron chi connectivity index (χ4n) is 1.78. The van der Waals surface area contributed by atoms with Crippen LogP contribution in [-0.2, 0) is 29.2 Å². The van der Waals surface area contributed by atoms with Crippen LogP contribution in [-0.4, -0.2) is 88.2 Å². The van der Waals surface area contributed by atoms with E-state index in [-0.39, 0.29) is 13.2 Å². The molecule has 20 heavy (non-hydrogen) atoms. The lowest BCUT2D eigenvalue weighted by Crippen LogP contribution is -2.48. The van der Waals surface area contributed by atoms with Gasteiger partial charge in [-0.05, 0) is 0 Å². The van der Waals surface area contributed by atoms with Gasteiger partial charge in [0.1, 0.15) is 0 Å². The van der Waals surface area contributed by atoms with Crippen LogP contribution in [0.5, 0.6) is 0 Å². The molecule has 0 saturated carbocycles. The first-order chi connectivity index (χ1) is 9.16. The average molecular weight is 334 g/mol. The third-order valence-corrected chi connectivity index (χ3v) is 3.67. The molecular formula is C8H18N2O8S2. The lowest BCUT2D eigenvalue weighted by Gasteiger charge is -2.34. The van der Waals surface area contributed by atoms with Crippen LogP contribution < -0.4 is 0 Å². The monoisotopic (exact) mass is 334 g/mol. The third kappa shape index (κ3) is 8.76. The maximum atomic E-state index is 10.3. The Morgan fingerprint density at radius 3 is 1.30 bits per heavy atom. The van der Waals surface area contributed by atoms with Crippen LogP contribution in [0.3, 0.4) is 0 Å². The van der Waals surface area contributed by atoms with Crippen LogP contribution in [0, 0.1) is 0 Å². The molecule has 0 unspecified atom stereocenters. The number of rotatable bonds is 8. The molecule has 1 aliphatic heterocycles. The van der Waals surface area contributed by atoms with Crippen molar-refractivity contribution in [2.24, 2.45) is 0 Å². The first-order valence-corrected chi connectivity index (χ1v) is 8.57. The van der Waals surface area contributed by atoms with Crippen molar-refractivity contribution < 1.29 is 34.3 Å². The van der Waals surface area contributed by atoms with E-state index in [1.165, 1.54) is 0 Å². The second kappa shape index (κ2) is 7.61. The van der Waals surface area contributed by atoms with Crippen molar-refractivity contribution in [2.75, 3.05) is 52.5 Å². The molecule has 0 atom stereocenters. The van der Waals surface area contributed by atoms with Gasteiger partial charge in [0.05, 0.1) is 13.2 Å². The summed E-state index contributed by atoms with van der Waals surface area (Å²) >= 11 is 0. The molecule has 0 aromatic rings. The van der Waals surface area contributed by atoms with E-state index in [1.807, 2.05) is 9.80 Å². The van der Waals surface area contributed by atoms with Crippen molar-refractivity contribution in [1.82, 2.24) is 9.80 Å². The van der Waals surface area contributed by atoms with Crippen molar-refractivity contribution in [1.29, 1.82) is 0 Å². The Balaban J connectivity index is 2.14. The second-order valence-electron chi connectivity index (χ2n) is 4.18. The summed E-state index contributed by atoms with van der Waals surface area (Å²) in [6.07, 6.45) is 0. The van der Waals surface area contributed by atoms with Gasteiger partial charge < -0.3 is 0 Å². The fraction of sp³-hybridized carbons (Fsp3) is 1.00. The molecule has 12 heteroatoms. The molecule has 0 aliphatic carbocycles. The Bertz CT molecular complexity index is 437. The standard InChI is InChI=1S/C8H18N2O8S2/c11-19(12,13)17-7-5-9-1-2-10(4-3-9)6-8-18-20(14,15)16/h1-8H2,(H,11,12,13)(H,14,15,16). The number of hydrogen-bond acceptors (Lipinski definition) is 8. The quantitative estimate of drug-likeness (QED) is 0.492. The van der Waals surface area contributed by atoms with Crippen molar-refractivity contribution >= 4 is 20.8 Å². The van der Waals surface area contributed by atoms with Gasteiger partial charge in [-0.1, -0.05) is 0 Å². The highest BCUT2D eigenvalue weighted by atomic mass is 32.3. The zero-order valence-corrected chi connectivity index (χ0v) is 12.3. The normalized spacial score (nSPS) is 19.3. The van der Waals surface area contributed by atoms with Gasteiger partial charge in [-0.15, -0.1) is 0 Å². The van der Waals surface area contributed by atoms with Gasteiger partial charge in [-0.3, -0.25) is 18.9 Å². The molecule has 2 N–H and O–H groups in total. The van der Waals surface area contributed by atoms with Crippen molar-refractivity contribution in [3.63, 3.8) is 0 Å². The van der Waals surface area contributed by atoms with Crippen LogP contribution in [0.2, 0.25) is 0 Å². The van der Waals surface area contributed by atoms with E-state index in [2.05, 4.69) is 8.37 Å². The van der Waals surface area contributed by atoms with E-state index in [4.69, 9.17) is 9.11 Å². The number of hydrogen-bond donors (Lipinski definition) is 2. The van der Waals surface area contributed by atoms with Gasteiger partial charge in [0.2, 0.25) is 0 Å². The molecule has 1 aliphatic rings. The molecule has 120 valence electrons. The predicted octanol–water partition coefficient (Wildman–Crippen LogP) is -1.76. The molecule has 0 amide bonds. The molecule has 1 rings (SSSR count). The summed E-state index contributed by atoms with van der Waals surface area (Å²) in [6, 6.07) is 0. The Kier molecular flexibility index (Phi) is 6.74. The molecule has 0 spiro atoms. The minimum absolute atomic E-state index is 0.120. The smallest absolute Gasteiger partial charge is 0.298 e. The average Bonchev–Trinajstić information content (AvgIpc) is 2.28. The lowest BCUT2D eigenvalue weighted by molar-refractivity contribution is 0.103. The summed E-state index contributed by atoms with van der Waals surface area (Å²) < 4.78 is 66.6. The first kappa shape index (κ1) is 17.7. The maximum Gasteiger partial charge on any atom is 0.397 e. The zero-order valence-electron chi connectivity index (χ0n) is 10.7. The van der Waals surface area contributed by atoms with E-state index >= 15 is 0 Å².